The van der Waals surface area contributed by atoms with Crippen LogP contribution in [0.4, 0.5) is 36.8 Å². The fourth-order valence-corrected chi connectivity index (χ4v) is 3.33. The fraction of sp³-hybridized carbons (Fsp3) is 0.292. The van der Waals surface area contributed by atoms with Crippen LogP contribution in [0, 0.1) is 0 Å². The maximum Gasteiger partial charge on any atom is 0.416 e. The lowest BCUT2D eigenvalue weighted by atomic mass is 10.0. The first kappa shape index (κ1) is 28.7. The molecule has 1 heterocycles. The summed E-state index contributed by atoms with van der Waals surface area (Å²) in [5.74, 6) is -0.547. The van der Waals surface area contributed by atoms with Crippen molar-refractivity contribution in [3.05, 3.63) is 81.8 Å². The van der Waals surface area contributed by atoms with Gasteiger partial charge in [-0.1, -0.05) is 30.3 Å². The summed E-state index contributed by atoms with van der Waals surface area (Å²) in [6, 6.07) is 9.40. The van der Waals surface area contributed by atoms with Crippen LogP contribution >= 0.6 is 0 Å². The zero-order valence-corrected chi connectivity index (χ0v) is 19.9. The lowest BCUT2D eigenvalue weighted by Gasteiger charge is -2.20. The minimum absolute atomic E-state index is 0.0439. The van der Waals surface area contributed by atoms with E-state index in [0.717, 1.165) is 10.8 Å². The summed E-state index contributed by atoms with van der Waals surface area (Å²) in [6.45, 7) is -0.618. The van der Waals surface area contributed by atoms with Crippen molar-refractivity contribution in [2.24, 2.45) is 0 Å². The van der Waals surface area contributed by atoms with Gasteiger partial charge in [-0.3, -0.25) is 14.7 Å². The molecule has 204 valence electrons. The van der Waals surface area contributed by atoms with Gasteiger partial charge in [0.25, 0.3) is 5.56 Å². The Kier molecular flexibility index (Phi) is 8.78. The molecule has 3 rings (SSSR count). The van der Waals surface area contributed by atoms with E-state index in [1.54, 1.807) is 30.3 Å². The molecule has 0 atom stereocenters. The molecular weight excluding hydrogens is 524 g/mol. The lowest BCUT2D eigenvalue weighted by Crippen LogP contribution is -2.33. The molecule has 0 radical (unpaired) electrons. The van der Waals surface area contributed by atoms with E-state index in [0.29, 0.717) is 17.7 Å². The number of rotatable bonds is 8. The molecule has 1 amide bonds. The first-order chi connectivity index (χ1) is 17.8. The first-order valence-corrected chi connectivity index (χ1v) is 10.8. The number of halogens is 6. The molecule has 0 unspecified atom stereocenters. The maximum atomic E-state index is 13.4. The molecular formula is C24H21F6N3O5. The molecule has 1 N–H and O–H groups in total. The number of methoxy groups -OCH3 is 2. The van der Waals surface area contributed by atoms with Gasteiger partial charge in [-0.05, 0) is 23.8 Å². The normalized spacial score (nSPS) is 12.0. The van der Waals surface area contributed by atoms with Gasteiger partial charge in [0.05, 0.1) is 23.9 Å². The van der Waals surface area contributed by atoms with Crippen molar-refractivity contribution in [3.8, 4) is 11.4 Å². The van der Waals surface area contributed by atoms with Crippen molar-refractivity contribution in [1.29, 1.82) is 0 Å². The van der Waals surface area contributed by atoms with Crippen LogP contribution in [-0.2, 0) is 39.7 Å². The number of hydrogen-bond acceptors (Lipinski definition) is 6. The third-order valence-electron chi connectivity index (χ3n) is 5.20. The van der Waals surface area contributed by atoms with E-state index in [4.69, 9.17) is 14.2 Å². The molecule has 0 saturated heterocycles. The Hall–Kier alpha value is -3.91. The highest BCUT2D eigenvalue weighted by Gasteiger charge is 2.37. The largest absolute Gasteiger partial charge is 0.444 e. The lowest BCUT2D eigenvalue weighted by molar-refractivity contribution is -0.143. The number of amides is 1. The standard InChI is InChI=1S/C24H21F6N3O5/c1-36-19(37-2)12-33-20(15-8-16(23(25,26)27)10-17(9-15)24(28,29)30)31-11-18(21(33)34)32-22(35)38-13-14-6-4-3-5-7-14/h3-11,19H,12-13H2,1-2H3,(H,32,35). The smallest absolute Gasteiger partial charge is 0.416 e. The number of ether oxygens (including phenoxy) is 3. The van der Waals surface area contributed by atoms with Crippen molar-refractivity contribution in [2.75, 3.05) is 19.5 Å². The van der Waals surface area contributed by atoms with Crippen LogP contribution in [0.3, 0.4) is 0 Å². The number of alkyl halides is 6. The maximum absolute atomic E-state index is 13.4. The Balaban J connectivity index is 2.05. The molecule has 0 aliphatic carbocycles. The molecule has 8 nitrogen and oxygen atoms in total. The summed E-state index contributed by atoms with van der Waals surface area (Å²) in [6.07, 6.45) is -11.6. The molecule has 0 bridgehead atoms. The van der Waals surface area contributed by atoms with Crippen LogP contribution in [0.25, 0.3) is 11.4 Å². The molecule has 0 aliphatic heterocycles. The second kappa shape index (κ2) is 11.6. The molecule has 3 aromatic rings. The third kappa shape index (κ3) is 7.10. The van der Waals surface area contributed by atoms with Crippen molar-refractivity contribution in [3.63, 3.8) is 0 Å². The van der Waals surface area contributed by atoms with Crippen molar-refractivity contribution in [2.45, 2.75) is 31.8 Å². The molecule has 0 fully saturated rings. The molecule has 2 aromatic carbocycles. The predicted octanol–water partition coefficient (Wildman–Crippen LogP) is 5.32. The van der Waals surface area contributed by atoms with E-state index < -0.39 is 65.0 Å². The molecule has 1 aromatic heterocycles. The minimum atomic E-state index is -5.12. The van der Waals surface area contributed by atoms with Crippen molar-refractivity contribution in [1.82, 2.24) is 9.55 Å². The highest BCUT2D eigenvalue weighted by molar-refractivity contribution is 5.84. The number of nitrogens with one attached hydrogen (secondary N) is 1. The van der Waals surface area contributed by atoms with Gasteiger partial charge in [-0.15, -0.1) is 0 Å². The van der Waals surface area contributed by atoms with Gasteiger partial charge < -0.3 is 14.2 Å². The van der Waals surface area contributed by atoms with Crippen LogP contribution in [0.15, 0.2) is 59.5 Å². The highest BCUT2D eigenvalue weighted by Crippen LogP contribution is 2.38. The first-order valence-electron chi connectivity index (χ1n) is 10.8. The number of aromatic nitrogens is 2. The Bertz CT molecular complexity index is 1290. The van der Waals surface area contributed by atoms with E-state index in [9.17, 15) is 35.9 Å². The molecule has 14 heteroatoms. The average Bonchev–Trinajstić information content (AvgIpc) is 2.87. The van der Waals surface area contributed by atoms with Gasteiger partial charge in [-0.25, -0.2) is 9.78 Å². The summed E-state index contributed by atoms with van der Waals surface area (Å²) in [5.41, 5.74) is -4.62. The number of benzene rings is 2. The number of carbonyl (C=O) groups is 1. The molecule has 38 heavy (non-hydrogen) atoms. The number of nitrogens with zero attached hydrogens (tertiary/aromatic N) is 2. The highest BCUT2D eigenvalue weighted by atomic mass is 19.4. The Labute approximate surface area is 211 Å². The number of hydrogen-bond donors (Lipinski definition) is 1. The number of anilines is 1. The van der Waals surface area contributed by atoms with Gasteiger partial charge in [0, 0.05) is 19.8 Å². The molecule has 0 spiro atoms. The van der Waals surface area contributed by atoms with Crippen LogP contribution in [0.2, 0.25) is 0 Å². The average molecular weight is 545 g/mol. The fourth-order valence-electron chi connectivity index (χ4n) is 3.33. The second-order valence-corrected chi connectivity index (χ2v) is 7.79. The van der Waals surface area contributed by atoms with Crippen LogP contribution in [0.5, 0.6) is 0 Å². The second-order valence-electron chi connectivity index (χ2n) is 7.79. The minimum Gasteiger partial charge on any atom is -0.444 e. The Morgan fingerprint density at radius 1 is 0.974 bits per heavy atom. The van der Waals surface area contributed by atoms with Crippen LogP contribution in [0.1, 0.15) is 16.7 Å². The van der Waals surface area contributed by atoms with E-state index in [1.807, 2.05) is 0 Å². The zero-order valence-electron chi connectivity index (χ0n) is 19.9. The third-order valence-corrected chi connectivity index (χ3v) is 5.20. The molecule has 0 saturated carbocycles. The summed E-state index contributed by atoms with van der Waals surface area (Å²) in [5, 5.41) is 2.18. The zero-order chi connectivity index (χ0) is 28.1. The van der Waals surface area contributed by atoms with Crippen LogP contribution < -0.4 is 10.9 Å². The number of carbonyl (C=O) groups excluding carboxylic acids is 1. The Morgan fingerprint density at radius 3 is 2.08 bits per heavy atom. The molecule has 0 aliphatic rings. The monoisotopic (exact) mass is 545 g/mol. The Morgan fingerprint density at radius 2 is 1.55 bits per heavy atom. The predicted molar refractivity (Wildman–Crippen MR) is 122 cm³/mol. The van der Waals surface area contributed by atoms with Gasteiger partial charge in [-0.2, -0.15) is 26.3 Å². The summed E-state index contributed by atoms with van der Waals surface area (Å²) < 4.78 is 96.2. The van der Waals surface area contributed by atoms with Gasteiger partial charge in [0.2, 0.25) is 0 Å². The van der Waals surface area contributed by atoms with Crippen molar-refractivity contribution >= 4 is 11.8 Å². The van der Waals surface area contributed by atoms with Gasteiger partial charge in [0.1, 0.15) is 18.1 Å². The van der Waals surface area contributed by atoms with Gasteiger partial charge >= 0.3 is 18.4 Å². The van der Waals surface area contributed by atoms with Crippen LogP contribution in [-0.4, -0.2) is 36.2 Å². The summed E-state index contributed by atoms with van der Waals surface area (Å²) in [7, 11) is 2.42. The van der Waals surface area contributed by atoms with Gasteiger partial charge in [0.15, 0.2) is 6.29 Å². The van der Waals surface area contributed by atoms with Crippen molar-refractivity contribution < 1.29 is 45.3 Å². The summed E-state index contributed by atoms with van der Waals surface area (Å²) >= 11 is 0. The quantitative estimate of drug-likeness (QED) is 0.305. The van der Waals surface area contributed by atoms with E-state index in [1.165, 1.54) is 14.2 Å². The van der Waals surface area contributed by atoms with E-state index >= 15 is 0 Å². The topological polar surface area (TPSA) is 91.7 Å². The van der Waals surface area contributed by atoms with E-state index in [2.05, 4.69) is 10.3 Å². The summed E-state index contributed by atoms with van der Waals surface area (Å²) in [4.78, 5) is 29.3. The van der Waals surface area contributed by atoms with E-state index in [-0.39, 0.29) is 12.7 Å². The SMILES string of the molecule is COC(Cn1c(-c2cc(C(F)(F)F)cc(C(F)(F)F)c2)ncc(NC(=O)OCc2ccccc2)c1=O)OC.